The molecule has 0 aromatic rings. The SMILES string of the molecule is COCC(CNCC(C)C)N1CC(C)N(C)C(C)C1. The number of likely N-dealkylation sites (N-methyl/N-ethyl adjacent to an activating group) is 1. The lowest BCUT2D eigenvalue weighted by atomic mass is 10.1. The zero-order valence-electron chi connectivity index (χ0n) is 13.6. The summed E-state index contributed by atoms with van der Waals surface area (Å²) < 4.78 is 5.42. The van der Waals surface area contributed by atoms with Crippen molar-refractivity contribution in [1.82, 2.24) is 15.1 Å². The molecule has 3 unspecified atom stereocenters. The molecule has 1 fully saturated rings. The summed E-state index contributed by atoms with van der Waals surface area (Å²) in [5.74, 6) is 0.702. The topological polar surface area (TPSA) is 27.7 Å². The third-order valence-electron chi connectivity index (χ3n) is 4.20. The van der Waals surface area contributed by atoms with Crippen molar-refractivity contribution in [2.45, 2.75) is 45.8 Å². The molecule has 3 atom stereocenters. The zero-order valence-corrected chi connectivity index (χ0v) is 13.6. The second-order valence-corrected chi connectivity index (χ2v) is 6.48. The van der Waals surface area contributed by atoms with E-state index in [1.165, 1.54) is 0 Å². The van der Waals surface area contributed by atoms with Crippen LogP contribution in [0.1, 0.15) is 27.7 Å². The van der Waals surface area contributed by atoms with E-state index in [1.54, 1.807) is 7.11 Å². The number of ether oxygens (including phenoxy) is 1. The first-order chi connectivity index (χ1) is 8.95. The Labute approximate surface area is 119 Å². The molecule has 4 nitrogen and oxygen atoms in total. The van der Waals surface area contributed by atoms with Crippen molar-refractivity contribution in [3.8, 4) is 0 Å². The lowest BCUT2D eigenvalue weighted by molar-refractivity contribution is 0.00823. The Morgan fingerprint density at radius 2 is 1.74 bits per heavy atom. The molecule has 1 rings (SSSR count). The molecule has 4 heteroatoms. The molecule has 0 spiro atoms. The van der Waals surface area contributed by atoms with Crippen LogP contribution in [0.5, 0.6) is 0 Å². The van der Waals surface area contributed by atoms with E-state index in [0.717, 1.165) is 32.8 Å². The third kappa shape index (κ3) is 5.38. The highest BCUT2D eigenvalue weighted by atomic mass is 16.5. The minimum absolute atomic E-state index is 0.488. The fraction of sp³-hybridized carbons (Fsp3) is 1.00. The van der Waals surface area contributed by atoms with Crippen molar-refractivity contribution in [2.24, 2.45) is 5.92 Å². The molecule has 19 heavy (non-hydrogen) atoms. The standard InChI is InChI=1S/C15H33N3O/c1-12(2)7-16-8-15(11-19-6)18-9-13(3)17(5)14(4)10-18/h12-16H,7-11H2,1-6H3. The van der Waals surface area contributed by atoms with Gasteiger partial charge in [0, 0.05) is 44.9 Å². The molecule has 0 amide bonds. The van der Waals surface area contributed by atoms with Gasteiger partial charge in [0.25, 0.3) is 0 Å². The number of nitrogens with one attached hydrogen (secondary N) is 1. The second kappa shape index (κ2) is 8.20. The van der Waals surface area contributed by atoms with Gasteiger partial charge in [0.15, 0.2) is 0 Å². The van der Waals surface area contributed by atoms with Crippen LogP contribution in [-0.4, -0.2) is 74.9 Å². The van der Waals surface area contributed by atoms with E-state index >= 15 is 0 Å². The van der Waals surface area contributed by atoms with E-state index < -0.39 is 0 Å². The molecular weight excluding hydrogens is 238 g/mol. The monoisotopic (exact) mass is 271 g/mol. The Bertz CT molecular complexity index is 236. The van der Waals surface area contributed by atoms with E-state index in [-0.39, 0.29) is 0 Å². The first-order valence-corrected chi connectivity index (χ1v) is 7.61. The van der Waals surface area contributed by atoms with Gasteiger partial charge in [-0.05, 0) is 33.4 Å². The summed E-state index contributed by atoms with van der Waals surface area (Å²) in [6, 6.07) is 1.73. The van der Waals surface area contributed by atoms with Gasteiger partial charge in [-0.2, -0.15) is 0 Å². The number of hydrogen-bond acceptors (Lipinski definition) is 4. The third-order valence-corrected chi connectivity index (χ3v) is 4.20. The average molecular weight is 271 g/mol. The highest BCUT2D eigenvalue weighted by molar-refractivity contribution is 4.87. The van der Waals surface area contributed by atoms with Gasteiger partial charge in [-0.15, -0.1) is 0 Å². The van der Waals surface area contributed by atoms with Crippen LogP contribution in [-0.2, 0) is 4.74 Å². The Hall–Kier alpha value is -0.160. The molecule has 1 heterocycles. The predicted octanol–water partition coefficient (Wildman–Crippen LogP) is 1.27. The molecule has 1 N–H and O–H groups in total. The van der Waals surface area contributed by atoms with E-state index in [0.29, 0.717) is 24.0 Å². The van der Waals surface area contributed by atoms with E-state index in [1.807, 2.05) is 0 Å². The second-order valence-electron chi connectivity index (χ2n) is 6.48. The van der Waals surface area contributed by atoms with E-state index in [2.05, 4.69) is 49.9 Å². The molecule has 114 valence electrons. The summed E-state index contributed by atoms with van der Waals surface area (Å²) in [7, 11) is 4.04. The lowest BCUT2D eigenvalue weighted by Gasteiger charge is -2.45. The van der Waals surface area contributed by atoms with Gasteiger partial charge in [-0.25, -0.2) is 0 Å². The molecule has 0 saturated carbocycles. The van der Waals surface area contributed by atoms with Gasteiger partial charge < -0.3 is 10.1 Å². The maximum absolute atomic E-state index is 5.42. The largest absolute Gasteiger partial charge is 0.383 e. The summed E-state index contributed by atoms with van der Waals surface area (Å²) in [6.45, 7) is 14.3. The van der Waals surface area contributed by atoms with Gasteiger partial charge >= 0.3 is 0 Å². The molecule has 0 aliphatic carbocycles. The fourth-order valence-electron chi connectivity index (χ4n) is 2.77. The molecule has 1 aliphatic heterocycles. The van der Waals surface area contributed by atoms with Gasteiger partial charge in [-0.3, -0.25) is 9.80 Å². The highest BCUT2D eigenvalue weighted by Crippen LogP contribution is 2.15. The van der Waals surface area contributed by atoms with Crippen LogP contribution in [0.15, 0.2) is 0 Å². The average Bonchev–Trinajstić information content (AvgIpc) is 2.34. The van der Waals surface area contributed by atoms with E-state index in [4.69, 9.17) is 4.74 Å². The summed E-state index contributed by atoms with van der Waals surface area (Å²) >= 11 is 0. The molecule has 1 aliphatic rings. The number of nitrogens with zero attached hydrogens (tertiary/aromatic N) is 2. The van der Waals surface area contributed by atoms with Crippen LogP contribution in [0.2, 0.25) is 0 Å². The van der Waals surface area contributed by atoms with Gasteiger partial charge in [0.1, 0.15) is 0 Å². The van der Waals surface area contributed by atoms with Crippen LogP contribution in [0.3, 0.4) is 0 Å². The van der Waals surface area contributed by atoms with Crippen molar-refractivity contribution in [1.29, 1.82) is 0 Å². The fourth-order valence-corrected chi connectivity index (χ4v) is 2.77. The Morgan fingerprint density at radius 3 is 2.21 bits per heavy atom. The first kappa shape index (κ1) is 16.9. The van der Waals surface area contributed by atoms with Crippen molar-refractivity contribution in [3.63, 3.8) is 0 Å². The van der Waals surface area contributed by atoms with Crippen LogP contribution < -0.4 is 5.32 Å². The Kier molecular flexibility index (Phi) is 7.29. The maximum atomic E-state index is 5.42. The molecule has 0 radical (unpaired) electrons. The van der Waals surface area contributed by atoms with Gasteiger partial charge in [0.2, 0.25) is 0 Å². The van der Waals surface area contributed by atoms with Crippen molar-refractivity contribution >= 4 is 0 Å². The van der Waals surface area contributed by atoms with Crippen LogP contribution in [0, 0.1) is 5.92 Å². The first-order valence-electron chi connectivity index (χ1n) is 7.61. The molecular formula is C15H33N3O. The number of hydrogen-bond donors (Lipinski definition) is 1. The summed E-state index contributed by atoms with van der Waals surface area (Å²) in [5, 5.41) is 3.57. The summed E-state index contributed by atoms with van der Waals surface area (Å²) in [6.07, 6.45) is 0. The van der Waals surface area contributed by atoms with Gasteiger partial charge in [-0.1, -0.05) is 13.8 Å². The number of piperazine rings is 1. The van der Waals surface area contributed by atoms with Crippen LogP contribution in [0.4, 0.5) is 0 Å². The number of methoxy groups -OCH3 is 1. The molecule has 0 aromatic heterocycles. The Balaban J connectivity index is 2.50. The maximum Gasteiger partial charge on any atom is 0.0630 e. The number of rotatable bonds is 7. The minimum Gasteiger partial charge on any atom is -0.383 e. The Morgan fingerprint density at radius 1 is 1.16 bits per heavy atom. The highest BCUT2D eigenvalue weighted by Gasteiger charge is 2.30. The smallest absolute Gasteiger partial charge is 0.0630 e. The quantitative estimate of drug-likeness (QED) is 0.755. The van der Waals surface area contributed by atoms with Crippen LogP contribution >= 0.6 is 0 Å². The minimum atomic E-state index is 0.488. The molecule has 1 saturated heterocycles. The molecule has 0 bridgehead atoms. The summed E-state index contributed by atoms with van der Waals surface area (Å²) in [4.78, 5) is 5.06. The van der Waals surface area contributed by atoms with E-state index in [9.17, 15) is 0 Å². The van der Waals surface area contributed by atoms with Crippen molar-refractivity contribution in [3.05, 3.63) is 0 Å². The summed E-state index contributed by atoms with van der Waals surface area (Å²) in [5.41, 5.74) is 0. The molecule has 0 aromatic carbocycles. The van der Waals surface area contributed by atoms with Crippen molar-refractivity contribution < 1.29 is 4.74 Å². The van der Waals surface area contributed by atoms with Crippen molar-refractivity contribution in [2.75, 3.05) is 46.9 Å². The van der Waals surface area contributed by atoms with Gasteiger partial charge in [0.05, 0.1) is 6.61 Å². The normalized spacial score (nSPS) is 27.9. The lowest BCUT2D eigenvalue weighted by Crippen LogP contribution is -2.60. The zero-order chi connectivity index (χ0) is 14.4. The predicted molar refractivity (Wildman–Crippen MR) is 81.6 cm³/mol. The van der Waals surface area contributed by atoms with Crippen LogP contribution in [0.25, 0.3) is 0 Å².